The summed E-state index contributed by atoms with van der Waals surface area (Å²) in [6.45, 7) is 4.61. The first-order valence-corrected chi connectivity index (χ1v) is 6.51. The molecule has 1 atom stereocenters. The molecule has 0 spiro atoms. The molecular weight excluding hydrogens is 232 g/mol. The van der Waals surface area contributed by atoms with Crippen LogP contribution < -0.4 is 10.6 Å². The van der Waals surface area contributed by atoms with Crippen LogP contribution in [-0.2, 0) is 14.4 Å². The Kier molecular flexibility index (Phi) is 10.2. The van der Waals surface area contributed by atoms with Gasteiger partial charge < -0.3 is 20.2 Å². The van der Waals surface area contributed by atoms with Crippen molar-refractivity contribution in [3.05, 3.63) is 0 Å². The van der Waals surface area contributed by atoms with Gasteiger partial charge in [-0.25, -0.2) is 0 Å². The Morgan fingerprint density at radius 3 is 2.50 bits per heavy atom. The highest BCUT2D eigenvalue weighted by atomic mass is 16.1. The lowest BCUT2D eigenvalue weighted by molar-refractivity contribution is -0.122. The zero-order valence-electron chi connectivity index (χ0n) is 11.3. The second kappa shape index (κ2) is 10.9. The third-order valence-corrected chi connectivity index (χ3v) is 2.47. The minimum Gasteiger partial charge on any atom is -0.356 e. The molecule has 0 radical (unpaired) electrons. The monoisotopic (exact) mass is 256 g/mol. The Morgan fingerprint density at radius 1 is 1.22 bits per heavy atom. The van der Waals surface area contributed by atoms with Crippen molar-refractivity contribution in [3.8, 4) is 0 Å². The fourth-order valence-corrected chi connectivity index (χ4v) is 1.61. The highest BCUT2D eigenvalue weighted by Crippen LogP contribution is 2.00. The van der Waals surface area contributed by atoms with Crippen LogP contribution in [0.1, 0.15) is 46.0 Å². The van der Waals surface area contributed by atoms with Crippen molar-refractivity contribution < 1.29 is 14.4 Å². The topological polar surface area (TPSA) is 75.3 Å². The fraction of sp³-hybridized carbons (Fsp3) is 0.769. The van der Waals surface area contributed by atoms with E-state index in [1.807, 2.05) is 13.8 Å². The van der Waals surface area contributed by atoms with Gasteiger partial charge in [0.2, 0.25) is 5.91 Å². The molecule has 0 aliphatic carbocycles. The average Bonchev–Trinajstić information content (AvgIpc) is 2.33. The smallest absolute Gasteiger partial charge is 0.220 e. The second-order valence-corrected chi connectivity index (χ2v) is 4.62. The summed E-state index contributed by atoms with van der Waals surface area (Å²) < 4.78 is 0. The van der Waals surface area contributed by atoms with Crippen molar-refractivity contribution in [1.29, 1.82) is 0 Å². The molecule has 0 saturated carbocycles. The van der Waals surface area contributed by atoms with Gasteiger partial charge in [0.15, 0.2) is 0 Å². The molecule has 0 aromatic carbocycles. The van der Waals surface area contributed by atoms with E-state index in [9.17, 15) is 14.4 Å². The van der Waals surface area contributed by atoms with Crippen LogP contribution in [0.2, 0.25) is 0 Å². The Hall–Kier alpha value is -1.23. The number of aldehydes is 2. The minimum atomic E-state index is -0.101. The Labute approximate surface area is 109 Å². The molecule has 0 aliphatic heterocycles. The maximum Gasteiger partial charge on any atom is 0.220 e. The van der Waals surface area contributed by atoms with E-state index in [-0.39, 0.29) is 24.8 Å². The van der Waals surface area contributed by atoms with Crippen LogP contribution in [0.15, 0.2) is 0 Å². The van der Waals surface area contributed by atoms with Crippen molar-refractivity contribution in [2.75, 3.05) is 6.54 Å². The van der Waals surface area contributed by atoms with E-state index in [0.717, 1.165) is 31.8 Å². The minimum absolute atomic E-state index is 0.0886. The molecule has 5 nitrogen and oxygen atoms in total. The zero-order valence-corrected chi connectivity index (χ0v) is 11.3. The molecule has 0 fully saturated rings. The molecule has 0 aromatic heterocycles. The van der Waals surface area contributed by atoms with Gasteiger partial charge in [-0.1, -0.05) is 13.8 Å². The van der Waals surface area contributed by atoms with Crippen LogP contribution in [0, 0.1) is 0 Å². The van der Waals surface area contributed by atoms with E-state index >= 15 is 0 Å². The summed E-state index contributed by atoms with van der Waals surface area (Å²) in [5.41, 5.74) is 0. The summed E-state index contributed by atoms with van der Waals surface area (Å²) in [6, 6.07) is 0.194. The van der Waals surface area contributed by atoms with E-state index in [1.54, 1.807) is 0 Å². The number of hydrogen-bond acceptors (Lipinski definition) is 4. The lowest BCUT2D eigenvalue weighted by Gasteiger charge is -2.15. The van der Waals surface area contributed by atoms with Crippen LogP contribution in [0.3, 0.4) is 0 Å². The predicted molar refractivity (Wildman–Crippen MR) is 70.3 cm³/mol. The fourth-order valence-electron chi connectivity index (χ4n) is 1.61. The van der Waals surface area contributed by atoms with Crippen LogP contribution in [0.25, 0.3) is 0 Å². The van der Waals surface area contributed by atoms with Gasteiger partial charge in [-0.05, 0) is 19.3 Å². The van der Waals surface area contributed by atoms with Gasteiger partial charge in [0.25, 0.3) is 0 Å². The quantitative estimate of drug-likeness (QED) is 0.424. The molecule has 1 amide bonds. The highest BCUT2D eigenvalue weighted by molar-refractivity contribution is 5.77. The number of amides is 1. The molecule has 2 N–H and O–H groups in total. The summed E-state index contributed by atoms with van der Waals surface area (Å²) >= 11 is 0. The van der Waals surface area contributed by atoms with Crippen molar-refractivity contribution in [2.45, 2.75) is 58.0 Å². The molecule has 18 heavy (non-hydrogen) atoms. The maximum absolute atomic E-state index is 11.2. The third-order valence-electron chi connectivity index (χ3n) is 2.47. The van der Waals surface area contributed by atoms with Crippen LogP contribution in [0.4, 0.5) is 0 Å². The van der Waals surface area contributed by atoms with E-state index < -0.39 is 0 Å². The van der Waals surface area contributed by atoms with E-state index in [4.69, 9.17) is 0 Å². The molecule has 0 saturated heterocycles. The maximum atomic E-state index is 11.2. The summed E-state index contributed by atoms with van der Waals surface area (Å²) in [6.07, 6.45) is 4.72. The van der Waals surface area contributed by atoms with Gasteiger partial charge in [-0.2, -0.15) is 0 Å². The Bertz CT molecular complexity index is 255. The number of unbranched alkanes of at least 4 members (excludes halogenated alkanes) is 1. The molecule has 0 aliphatic rings. The normalized spacial score (nSPS) is 12.2. The van der Waals surface area contributed by atoms with Crippen LogP contribution in [0.5, 0.6) is 0 Å². The lowest BCUT2D eigenvalue weighted by atomic mass is 10.1. The van der Waals surface area contributed by atoms with Crippen LogP contribution >= 0.6 is 0 Å². The molecule has 1 unspecified atom stereocenters. The van der Waals surface area contributed by atoms with E-state index in [0.29, 0.717) is 12.6 Å². The van der Waals surface area contributed by atoms with E-state index in [2.05, 4.69) is 10.6 Å². The third kappa shape index (κ3) is 9.96. The van der Waals surface area contributed by atoms with Gasteiger partial charge in [0, 0.05) is 25.4 Å². The van der Waals surface area contributed by atoms with E-state index in [1.165, 1.54) is 0 Å². The first-order valence-electron chi connectivity index (χ1n) is 6.51. The molecular formula is C13H24N2O3. The first kappa shape index (κ1) is 16.8. The summed E-state index contributed by atoms with van der Waals surface area (Å²) in [7, 11) is 0. The van der Waals surface area contributed by atoms with Crippen molar-refractivity contribution in [1.82, 2.24) is 10.6 Å². The second-order valence-electron chi connectivity index (χ2n) is 4.62. The average molecular weight is 256 g/mol. The highest BCUT2D eigenvalue weighted by Gasteiger charge is 2.07. The lowest BCUT2D eigenvalue weighted by Crippen LogP contribution is -2.36. The molecule has 104 valence electrons. The summed E-state index contributed by atoms with van der Waals surface area (Å²) in [5, 5.41) is 5.91. The molecule has 0 rings (SSSR count). The molecule has 5 heteroatoms. The number of carbonyl (C=O) groups is 3. The number of hydrogen-bond donors (Lipinski definition) is 2. The molecule has 0 heterocycles. The van der Waals surface area contributed by atoms with Crippen molar-refractivity contribution in [2.24, 2.45) is 0 Å². The van der Waals surface area contributed by atoms with Gasteiger partial charge in [-0.3, -0.25) is 4.79 Å². The van der Waals surface area contributed by atoms with Gasteiger partial charge in [-0.15, -0.1) is 0 Å². The Morgan fingerprint density at radius 2 is 1.94 bits per heavy atom. The number of carbonyl (C=O) groups excluding carboxylic acids is 3. The Balaban J connectivity index is 3.51. The van der Waals surface area contributed by atoms with Gasteiger partial charge in [0.05, 0.1) is 6.04 Å². The van der Waals surface area contributed by atoms with Gasteiger partial charge >= 0.3 is 0 Å². The summed E-state index contributed by atoms with van der Waals surface area (Å²) in [5.74, 6) is -0.0886. The largest absolute Gasteiger partial charge is 0.356 e. The number of rotatable bonds is 11. The molecule has 0 aromatic rings. The van der Waals surface area contributed by atoms with Crippen molar-refractivity contribution >= 4 is 18.5 Å². The standard InChI is InChI=1S/C13H24N2O3/c1-11(2)15-12(10-17)6-3-4-8-14-13(18)7-5-9-16/h9-12,15H,3-8H2,1-2H3,(H,14,18). The van der Waals surface area contributed by atoms with Gasteiger partial charge in [0.1, 0.15) is 12.6 Å². The van der Waals surface area contributed by atoms with Crippen molar-refractivity contribution in [3.63, 3.8) is 0 Å². The number of nitrogens with one attached hydrogen (secondary N) is 2. The zero-order chi connectivity index (χ0) is 13.8. The molecule has 0 bridgehead atoms. The van der Waals surface area contributed by atoms with Crippen LogP contribution in [-0.4, -0.2) is 37.1 Å². The first-order chi connectivity index (χ1) is 8.60. The SMILES string of the molecule is CC(C)NC(C=O)CCCCNC(=O)CCC=O. The predicted octanol–water partition coefficient (Wildman–Crippen LogP) is 0.817. The summed E-state index contributed by atoms with van der Waals surface area (Å²) in [4.78, 5) is 32.0.